The first-order chi connectivity index (χ1) is 9.35. The number of aliphatic carboxylic acids is 1. The third-order valence-corrected chi connectivity index (χ3v) is 3.66. The number of rotatable bonds is 4. The molecule has 0 aliphatic carbocycles. The quantitative estimate of drug-likeness (QED) is 0.720. The molecule has 1 heterocycles. The highest BCUT2D eigenvalue weighted by Gasteiger charge is 2.47. The van der Waals surface area contributed by atoms with Crippen LogP contribution in [0.5, 0.6) is 0 Å². The lowest BCUT2D eigenvalue weighted by Crippen LogP contribution is -2.44. The number of carboxylic acid groups (broad SMARTS) is 1. The van der Waals surface area contributed by atoms with Crippen molar-refractivity contribution in [1.82, 2.24) is 10.6 Å². The van der Waals surface area contributed by atoms with Crippen LogP contribution in [0.4, 0.5) is 4.79 Å². The summed E-state index contributed by atoms with van der Waals surface area (Å²) in [6.07, 6.45) is -0.191. The second-order valence-corrected chi connectivity index (χ2v) is 5.01. The molecule has 0 bridgehead atoms. The van der Waals surface area contributed by atoms with E-state index in [0.29, 0.717) is 5.56 Å². The molecule has 3 amide bonds. The number of benzene rings is 1. The molecule has 2 rings (SSSR count). The first kappa shape index (κ1) is 14.0. The van der Waals surface area contributed by atoms with Crippen molar-refractivity contribution < 1.29 is 19.5 Å². The smallest absolute Gasteiger partial charge is 0.322 e. The van der Waals surface area contributed by atoms with Crippen LogP contribution < -0.4 is 10.6 Å². The fourth-order valence-electron chi connectivity index (χ4n) is 2.32. The van der Waals surface area contributed by atoms with Gasteiger partial charge in [0, 0.05) is 6.42 Å². The van der Waals surface area contributed by atoms with Crippen LogP contribution in [0.25, 0.3) is 0 Å². The van der Waals surface area contributed by atoms with Gasteiger partial charge in [0.2, 0.25) is 0 Å². The molecular formula is C14H16N2O4. The van der Waals surface area contributed by atoms with Crippen molar-refractivity contribution >= 4 is 17.9 Å². The zero-order valence-electron chi connectivity index (χ0n) is 11.3. The summed E-state index contributed by atoms with van der Waals surface area (Å²) in [5.74, 6) is -1.52. The van der Waals surface area contributed by atoms with Crippen LogP contribution in [0, 0.1) is 13.8 Å². The molecule has 0 spiro atoms. The van der Waals surface area contributed by atoms with Crippen molar-refractivity contribution in [3.05, 3.63) is 34.9 Å². The third-order valence-electron chi connectivity index (χ3n) is 3.66. The molecule has 1 aliphatic heterocycles. The summed E-state index contributed by atoms with van der Waals surface area (Å²) in [5, 5.41) is 13.6. The fourth-order valence-corrected chi connectivity index (χ4v) is 2.32. The molecule has 0 saturated carbocycles. The van der Waals surface area contributed by atoms with Crippen LogP contribution in [0.3, 0.4) is 0 Å². The van der Waals surface area contributed by atoms with Gasteiger partial charge < -0.3 is 10.4 Å². The average Bonchev–Trinajstić information content (AvgIpc) is 2.66. The largest absolute Gasteiger partial charge is 0.481 e. The standard InChI is InChI=1S/C14H16N2O4/c1-8-3-4-10(7-9(8)2)14(6-5-11(17)18)12(19)15-13(20)16-14/h3-4,7H,5-6H2,1-2H3,(H,17,18)(H2,15,16,19,20). The number of urea groups is 1. The summed E-state index contributed by atoms with van der Waals surface area (Å²) in [6.45, 7) is 3.84. The van der Waals surface area contributed by atoms with Crippen molar-refractivity contribution in [2.45, 2.75) is 32.2 Å². The molecule has 106 valence electrons. The Labute approximate surface area is 116 Å². The molecule has 1 fully saturated rings. The summed E-state index contributed by atoms with van der Waals surface area (Å²) in [5.41, 5.74) is 1.34. The van der Waals surface area contributed by atoms with Gasteiger partial charge in [0.25, 0.3) is 5.91 Å². The topological polar surface area (TPSA) is 95.5 Å². The summed E-state index contributed by atoms with van der Waals surface area (Å²) in [7, 11) is 0. The van der Waals surface area contributed by atoms with Gasteiger partial charge >= 0.3 is 12.0 Å². The fraction of sp³-hybridized carbons (Fsp3) is 0.357. The van der Waals surface area contributed by atoms with E-state index >= 15 is 0 Å². The predicted molar refractivity (Wildman–Crippen MR) is 71.1 cm³/mol. The number of aryl methyl sites for hydroxylation is 2. The Bertz CT molecular complexity index is 597. The molecule has 1 aromatic rings. The highest BCUT2D eigenvalue weighted by Crippen LogP contribution is 2.31. The number of imide groups is 1. The monoisotopic (exact) mass is 276 g/mol. The van der Waals surface area contributed by atoms with E-state index in [1.807, 2.05) is 26.0 Å². The van der Waals surface area contributed by atoms with Gasteiger partial charge in [0.1, 0.15) is 5.54 Å². The second-order valence-electron chi connectivity index (χ2n) is 5.01. The minimum absolute atomic E-state index is 0.0163. The van der Waals surface area contributed by atoms with Gasteiger partial charge in [-0.25, -0.2) is 4.79 Å². The molecule has 1 aromatic carbocycles. The van der Waals surface area contributed by atoms with Gasteiger partial charge in [-0.3, -0.25) is 14.9 Å². The van der Waals surface area contributed by atoms with Crippen molar-refractivity contribution in [1.29, 1.82) is 0 Å². The number of hydrogen-bond acceptors (Lipinski definition) is 3. The van der Waals surface area contributed by atoms with Crippen molar-refractivity contribution in [3.8, 4) is 0 Å². The van der Waals surface area contributed by atoms with E-state index in [2.05, 4.69) is 10.6 Å². The van der Waals surface area contributed by atoms with E-state index < -0.39 is 23.4 Å². The highest BCUT2D eigenvalue weighted by atomic mass is 16.4. The van der Waals surface area contributed by atoms with Crippen LogP contribution in [0.15, 0.2) is 18.2 Å². The molecule has 0 aromatic heterocycles. The average molecular weight is 276 g/mol. The minimum atomic E-state index is -1.30. The molecule has 6 heteroatoms. The number of carbonyl (C=O) groups excluding carboxylic acids is 2. The molecule has 1 atom stereocenters. The van der Waals surface area contributed by atoms with E-state index in [-0.39, 0.29) is 12.8 Å². The number of carbonyl (C=O) groups is 3. The number of carboxylic acids is 1. The van der Waals surface area contributed by atoms with Gasteiger partial charge in [0.05, 0.1) is 0 Å². The maximum Gasteiger partial charge on any atom is 0.322 e. The van der Waals surface area contributed by atoms with E-state index in [4.69, 9.17) is 5.11 Å². The van der Waals surface area contributed by atoms with Gasteiger partial charge in [0.15, 0.2) is 0 Å². The third kappa shape index (κ3) is 2.36. The number of nitrogens with one attached hydrogen (secondary N) is 2. The van der Waals surface area contributed by atoms with E-state index in [9.17, 15) is 14.4 Å². The zero-order valence-corrected chi connectivity index (χ0v) is 11.3. The molecular weight excluding hydrogens is 260 g/mol. The molecule has 0 radical (unpaired) electrons. The maximum absolute atomic E-state index is 12.1. The summed E-state index contributed by atoms with van der Waals surface area (Å²) < 4.78 is 0. The van der Waals surface area contributed by atoms with Crippen LogP contribution in [-0.2, 0) is 15.1 Å². The first-order valence-corrected chi connectivity index (χ1v) is 6.28. The van der Waals surface area contributed by atoms with E-state index in [0.717, 1.165) is 11.1 Å². The first-order valence-electron chi connectivity index (χ1n) is 6.28. The summed E-state index contributed by atoms with van der Waals surface area (Å²) >= 11 is 0. The van der Waals surface area contributed by atoms with Crippen LogP contribution in [-0.4, -0.2) is 23.0 Å². The Morgan fingerprint density at radius 3 is 2.45 bits per heavy atom. The molecule has 1 aliphatic rings. The van der Waals surface area contributed by atoms with Gasteiger partial charge in [-0.15, -0.1) is 0 Å². The molecule has 1 unspecified atom stereocenters. The van der Waals surface area contributed by atoms with Gasteiger partial charge in [-0.2, -0.15) is 0 Å². The maximum atomic E-state index is 12.1. The molecule has 6 nitrogen and oxygen atoms in total. The Balaban J connectivity index is 2.45. The van der Waals surface area contributed by atoms with Gasteiger partial charge in [-0.1, -0.05) is 18.2 Å². The van der Waals surface area contributed by atoms with Crippen LogP contribution >= 0.6 is 0 Å². The predicted octanol–water partition coefficient (Wildman–Crippen LogP) is 1.20. The zero-order chi connectivity index (χ0) is 14.9. The van der Waals surface area contributed by atoms with Crippen molar-refractivity contribution in [2.24, 2.45) is 0 Å². The summed E-state index contributed by atoms with van der Waals surface area (Å²) in [6, 6.07) is 4.81. The molecule has 1 saturated heterocycles. The molecule has 3 N–H and O–H groups in total. The highest BCUT2D eigenvalue weighted by molar-refractivity contribution is 6.07. The van der Waals surface area contributed by atoms with Crippen molar-refractivity contribution in [3.63, 3.8) is 0 Å². The lowest BCUT2D eigenvalue weighted by molar-refractivity contribution is -0.137. The Morgan fingerprint density at radius 1 is 1.25 bits per heavy atom. The van der Waals surface area contributed by atoms with Crippen LogP contribution in [0.1, 0.15) is 29.5 Å². The lowest BCUT2D eigenvalue weighted by Gasteiger charge is -2.26. The van der Waals surface area contributed by atoms with E-state index in [1.165, 1.54) is 0 Å². The van der Waals surface area contributed by atoms with Crippen molar-refractivity contribution in [2.75, 3.05) is 0 Å². The normalized spacial score (nSPS) is 21.5. The van der Waals surface area contributed by atoms with Gasteiger partial charge in [-0.05, 0) is 37.0 Å². The summed E-state index contributed by atoms with van der Waals surface area (Å²) in [4.78, 5) is 34.4. The Hall–Kier alpha value is -2.37. The minimum Gasteiger partial charge on any atom is -0.481 e. The Kier molecular flexibility index (Phi) is 3.48. The molecule has 20 heavy (non-hydrogen) atoms. The Morgan fingerprint density at radius 2 is 1.95 bits per heavy atom. The number of amides is 3. The van der Waals surface area contributed by atoms with E-state index in [1.54, 1.807) is 6.07 Å². The van der Waals surface area contributed by atoms with Crippen LogP contribution in [0.2, 0.25) is 0 Å². The number of hydrogen-bond donors (Lipinski definition) is 3. The lowest BCUT2D eigenvalue weighted by atomic mass is 9.84. The second kappa shape index (κ2) is 4.96. The SMILES string of the molecule is Cc1ccc(C2(CCC(=O)O)NC(=O)NC2=O)cc1C.